The summed E-state index contributed by atoms with van der Waals surface area (Å²) in [5, 5.41) is 7.40. The van der Waals surface area contributed by atoms with Crippen LogP contribution in [0.1, 0.15) is 15.9 Å². The van der Waals surface area contributed by atoms with E-state index in [1.165, 1.54) is 22.9 Å². The molecule has 0 atom stereocenters. The third-order valence-electron chi connectivity index (χ3n) is 4.10. The molecule has 0 bridgehead atoms. The summed E-state index contributed by atoms with van der Waals surface area (Å²) in [6.45, 7) is 0. The summed E-state index contributed by atoms with van der Waals surface area (Å²) < 4.78 is 32.6. The number of nitrogens with zero attached hydrogens (tertiary/aromatic N) is 4. The molecule has 2 aromatic carbocycles. The Bertz CT molecular complexity index is 1090. The summed E-state index contributed by atoms with van der Waals surface area (Å²) in [6.07, 6.45) is 1.34. The van der Waals surface area contributed by atoms with Gasteiger partial charge in [-0.15, -0.1) is 10.2 Å². The van der Waals surface area contributed by atoms with Gasteiger partial charge in [-0.1, -0.05) is 24.3 Å². The standard InChI is InChI=1S/C19H20N4O4S/c1-22(2)18(24)15-10-8-14(9-11-15)12-28(25,26)19-21-20-13-23(19)16-6-4-5-7-17(16)27-3/h4-11,13H,12H2,1-3H3. The molecular weight excluding hydrogens is 380 g/mol. The lowest BCUT2D eigenvalue weighted by Crippen LogP contribution is -2.21. The molecule has 0 radical (unpaired) electrons. The Morgan fingerprint density at radius 1 is 1.11 bits per heavy atom. The van der Waals surface area contributed by atoms with Crippen molar-refractivity contribution in [3.05, 3.63) is 66.0 Å². The van der Waals surface area contributed by atoms with Gasteiger partial charge in [-0.05, 0) is 29.8 Å². The van der Waals surface area contributed by atoms with E-state index >= 15 is 0 Å². The van der Waals surface area contributed by atoms with Crippen LogP contribution in [0.4, 0.5) is 0 Å². The van der Waals surface area contributed by atoms with E-state index in [-0.39, 0.29) is 16.8 Å². The third-order valence-corrected chi connectivity index (χ3v) is 5.65. The fourth-order valence-corrected chi connectivity index (χ4v) is 4.09. The minimum atomic E-state index is -3.78. The highest BCUT2D eigenvalue weighted by atomic mass is 32.2. The van der Waals surface area contributed by atoms with Gasteiger partial charge in [-0.3, -0.25) is 9.36 Å². The molecule has 0 aliphatic carbocycles. The molecule has 1 aromatic heterocycles. The fraction of sp³-hybridized carbons (Fsp3) is 0.211. The highest BCUT2D eigenvalue weighted by molar-refractivity contribution is 7.90. The van der Waals surface area contributed by atoms with Crippen LogP contribution in [0, 0.1) is 0 Å². The van der Waals surface area contributed by atoms with Crippen LogP contribution in [0.25, 0.3) is 5.69 Å². The number of aromatic nitrogens is 3. The molecule has 0 spiro atoms. The van der Waals surface area contributed by atoms with Gasteiger partial charge in [-0.2, -0.15) is 0 Å². The zero-order valence-electron chi connectivity index (χ0n) is 15.7. The second-order valence-corrected chi connectivity index (χ2v) is 8.19. The van der Waals surface area contributed by atoms with Gasteiger partial charge < -0.3 is 9.64 Å². The molecule has 0 fully saturated rings. The summed E-state index contributed by atoms with van der Waals surface area (Å²) in [5.74, 6) is 0.0905. The van der Waals surface area contributed by atoms with Crippen LogP contribution < -0.4 is 4.74 Å². The minimum absolute atomic E-state index is 0.148. The van der Waals surface area contributed by atoms with Crippen molar-refractivity contribution in [1.29, 1.82) is 0 Å². The van der Waals surface area contributed by atoms with Crippen LogP contribution in [-0.4, -0.2) is 55.2 Å². The van der Waals surface area contributed by atoms with Crippen LogP contribution in [0.15, 0.2) is 60.0 Å². The van der Waals surface area contributed by atoms with Gasteiger partial charge in [0.1, 0.15) is 12.1 Å². The first kappa shape index (κ1) is 19.6. The summed E-state index contributed by atoms with van der Waals surface area (Å²) in [5.41, 5.74) is 1.56. The van der Waals surface area contributed by atoms with Crippen molar-refractivity contribution in [2.24, 2.45) is 0 Å². The average molecular weight is 400 g/mol. The van der Waals surface area contributed by atoms with Gasteiger partial charge in [0.05, 0.1) is 18.6 Å². The molecule has 1 heterocycles. The van der Waals surface area contributed by atoms with Gasteiger partial charge in [0, 0.05) is 19.7 Å². The van der Waals surface area contributed by atoms with E-state index in [1.807, 2.05) is 0 Å². The zero-order chi connectivity index (χ0) is 20.3. The average Bonchev–Trinajstić information content (AvgIpc) is 3.18. The predicted molar refractivity (Wildman–Crippen MR) is 103 cm³/mol. The van der Waals surface area contributed by atoms with E-state index in [1.54, 1.807) is 62.6 Å². The number of sulfone groups is 1. The van der Waals surface area contributed by atoms with Gasteiger partial charge >= 0.3 is 0 Å². The quantitative estimate of drug-likeness (QED) is 0.628. The lowest BCUT2D eigenvalue weighted by Gasteiger charge is -2.12. The monoisotopic (exact) mass is 400 g/mol. The maximum absolute atomic E-state index is 12.9. The Morgan fingerprint density at radius 2 is 1.79 bits per heavy atom. The van der Waals surface area contributed by atoms with Crippen molar-refractivity contribution in [1.82, 2.24) is 19.7 Å². The van der Waals surface area contributed by atoms with Crippen molar-refractivity contribution in [2.45, 2.75) is 10.9 Å². The van der Waals surface area contributed by atoms with Crippen molar-refractivity contribution < 1.29 is 17.9 Å². The van der Waals surface area contributed by atoms with E-state index in [2.05, 4.69) is 10.2 Å². The maximum atomic E-state index is 12.9. The Hall–Kier alpha value is -3.20. The summed E-state index contributed by atoms with van der Waals surface area (Å²) in [6, 6.07) is 13.5. The van der Waals surface area contributed by atoms with Crippen molar-refractivity contribution >= 4 is 15.7 Å². The Labute approximate surface area is 163 Å². The number of benzene rings is 2. The number of carbonyl (C=O) groups is 1. The van der Waals surface area contributed by atoms with E-state index in [0.717, 1.165) is 0 Å². The highest BCUT2D eigenvalue weighted by Gasteiger charge is 2.24. The SMILES string of the molecule is COc1ccccc1-n1cnnc1S(=O)(=O)Cc1ccc(C(=O)N(C)C)cc1. The summed E-state index contributed by atoms with van der Waals surface area (Å²) in [4.78, 5) is 13.4. The van der Waals surface area contributed by atoms with Crippen LogP contribution in [-0.2, 0) is 15.6 Å². The number of ether oxygens (including phenoxy) is 1. The molecule has 0 saturated heterocycles. The largest absolute Gasteiger partial charge is 0.495 e. The van der Waals surface area contributed by atoms with Crippen molar-refractivity contribution in [3.63, 3.8) is 0 Å². The number of para-hydroxylation sites is 2. The molecule has 0 aliphatic rings. The molecule has 28 heavy (non-hydrogen) atoms. The van der Waals surface area contributed by atoms with E-state index in [9.17, 15) is 13.2 Å². The predicted octanol–water partition coefficient (Wildman–Crippen LogP) is 1.95. The molecule has 146 valence electrons. The fourth-order valence-electron chi connectivity index (χ4n) is 2.72. The topological polar surface area (TPSA) is 94.4 Å². The van der Waals surface area contributed by atoms with Crippen molar-refractivity contribution in [2.75, 3.05) is 21.2 Å². The van der Waals surface area contributed by atoms with E-state index in [4.69, 9.17) is 4.74 Å². The molecule has 9 heteroatoms. The molecule has 0 N–H and O–H groups in total. The lowest BCUT2D eigenvalue weighted by molar-refractivity contribution is 0.0827. The second-order valence-electron chi connectivity index (χ2n) is 6.31. The van der Waals surface area contributed by atoms with Crippen LogP contribution in [0.5, 0.6) is 5.75 Å². The first-order chi connectivity index (χ1) is 13.3. The van der Waals surface area contributed by atoms with Crippen molar-refractivity contribution in [3.8, 4) is 11.4 Å². The van der Waals surface area contributed by atoms with Crippen LogP contribution in [0.3, 0.4) is 0 Å². The number of rotatable bonds is 6. The normalized spacial score (nSPS) is 11.2. The molecule has 8 nitrogen and oxygen atoms in total. The number of carbonyl (C=O) groups excluding carboxylic acids is 1. The van der Waals surface area contributed by atoms with Crippen LogP contribution >= 0.6 is 0 Å². The molecular formula is C19H20N4O4S. The zero-order valence-corrected chi connectivity index (χ0v) is 16.5. The molecule has 1 amide bonds. The Kier molecular flexibility index (Phi) is 5.46. The first-order valence-electron chi connectivity index (χ1n) is 8.40. The number of methoxy groups -OCH3 is 1. The smallest absolute Gasteiger partial charge is 0.254 e. The summed E-state index contributed by atoms with van der Waals surface area (Å²) >= 11 is 0. The van der Waals surface area contributed by atoms with Crippen LogP contribution in [0.2, 0.25) is 0 Å². The molecule has 0 aliphatic heterocycles. The first-order valence-corrected chi connectivity index (χ1v) is 10.1. The van der Waals surface area contributed by atoms with Gasteiger partial charge in [0.2, 0.25) is 9.84 Å². The molecule has 3 aromatic rings. The second kappa shape index (κ2) is 7.81. The van der Waals surface area contributed by atoms with Gasteiger partial charge in [0.15, 0.2) is 0 Å². The Morgan fingerprint density at radius 3 is 2.43 bits per heavy atom. The minimum Gasteiger partial charge on any atom is -0.495 e. The Balaban J connectivity index is 1.91. The lowest BCUT2D eigenvalue weighted by atomic mass is 10.1. The summed E-state index contributed by atoms with van der Waals surface area (Å²) in [7, 11) is 1.04. The molecule has 3 rings (SSSR count). The highest BCUT2D eigenvalue weighted by Crippen LogP contribution is 2.25. The maximum Gasteiger partial charge on any atom is 0.254 e. The number of hydrogen-bond donors (Lipinski definition) is 0. The van der Waals surface area contributed by atoms with E-state index in [0.29, 0.717) is 22.6 Å². The van der Waals surface area contributed by atoms with E-state index < -0.39 is 9.84 Å². The molecule has 0 unspecified atom stereocenters. The van der Waals surface area contributed by atoms with Gasteiger partial charge in [-0.25, -0.2) is 8.42 Å². The number of amides is 1. The van der Waals surface area contributed by atoms with Gasteiger partial charge in [0.25, 0.3) is 11.1 Å². The number of hydrogen-bond acceptors (Lipinski definition) is 6. The third kappa shape index (κ3) is 3.89. The molecule has 0 saturated carbocycles.